The van der Waals surface area contributed by atoms with Gasteiger partial charge in [0.2, 0.25) is 0 Å². The molecule has 114 valence electrons. The van der Waals surface area contributed by atoms with Gasteiger partial charge in [-0.3, -0.25) is 0 Å². The van der Waals surface area contributed by atoms with Crippen molar-refractivity contribution in [3.8, 4) is 23.1 Å². The van der Waals surface area contributed by atoms with Gasteiger partial charge in [-0.2, -0.15) is 5.26 Å². The smallest absolute Gasteiger partial charge is 0.124 e. The SMILES string of the molecule is CCCOc1ccc(-c2cc(C#N)c(N3CCCC3)[nH]2)cc1. The van der Waals surface area contributed by atoms with Crippen LogP contribution in [-0.4, -0.2) is 24.7 Å². The zero-order chi connectivity index (χ0) is 15.4. The molecule has 1 aromatic heterocycles. The van der Waals surface area contributed by atoms with Crippen molar-refractivity contribution >= 4 is 5.82 Å². The number of hydrogen-bond donors (Lipinski definition) is 1. The Morgan fingerprint density at radius 1 is 1.23 bits per heavy atom. The lowest BCUT2D eigenvalue weighted by atomic mass is 10.1. The van der Waals surface area contributed by atoms with Crippen molar-refractivity contribution in [2.45, 2.75) is 26.2 Å². The molecule has 1 aliphatic rings. The number of benzene rings is 1. The fraction of sp³-hybridized carbons (Fsp3) is 0.389. The van der Waals surface area contributed by atoms with E-state index in [9.17, 15) is 5.26 Å². The van der Waals surface area contributed by atoms with Gasteiger partial charge in [0.15, 0.2) is 0 Å². The first kappa shape index (κ1) is 14.5. The summed E-state index contributed by atoms with van der Waals surface area (Å²) in [6.07, 6.45) is 3.40. The topological polar surface area (TPSA) is 52.0 Å². The molecule has 0 radical (unpaired) electrons. The van der Waals surface area contributed by atoms with Gasteiger partial charge < -0.3 is 14.6 Å². The number of nitrogens with one attached hydrogen (secondary N) is 1. The molecule has 4 nitrogen and oxygen atoms in total. The first-order valence-electron chi connectivity index (χ1n) is 7.93. The number of aromatic nitrogens is 1. The summed E-state index contributed by atoms with van der Waals surface area (Å²) in [6, 6.07) is 12.3. The Balaban J connectivity index is 1.84. The summed E-state index contributed by atoms with van der Waals surface area (Å²) < 4.78 is 5.61. The molecule has 1 fully saturated rings. The van der Waals surface area contributed by atoms with E-state index < -0.39 is 0 Å². The zero-order valence-electron chi connectivity index (χ0n) is 12.9. The van der Waals surface area contributed by atoms with Crippen molar-refractivity contribution in [2.24, 2.45) is 0 Å². The first-order valence-corrected chi connectivity index (χ1v) is 7.93. The molecule has 1 N–H and O–H groups in total. The van der Waals surface area contributed by atoms with E-state index in [0.717, 1.165) is 54.5 Å². The summed E-state index contributed by atoms with van der Waals surface area (Å²) in [6.45, 7) is 4.88. The highest BCUT2D eigenvalue weighted by molar-refractivity contribution is 5.70. The van der Waals surface area contributed by atoms with E-state index in [1.807, 2.05) is 30.3 Å². The van der Waals surface area contributed by atoms with Crippen molar-refractivity contribution < 1.29 is 4.74 Å². The Bertz CT molecular complexity index is 661. The van der Waals surface area contributed by atoms with Crippen molar-refractivity contribution in [3.05, 3.63) is 35.9 Å². The number of H-pyrrole nitrogens is 1. The largest absolute Gasteiger partial charge is 0.494 e. The van der Waals surface area contributed by atoms with Crippen LogP contribution in [0.5, 0.6) is 5.75 Å². The fourth-order valence-electron chi connectivity index (χ4n) is 2.83. The molecule has 0 atom stereocenters. The lowest BCUT2D eigenvalue weighted by Crippen LogP contribution is -2.18. The van der Waals surface area contributed by atoms with Gasteiger partial charge in [-0.05, 0) is 55.2 Å². The average molecular weight is 295 g/mol. The van der Waals surface area contributed by atoms with Gasteiger partial charge >= 0.3 is 0 Å². The van der Waals surface area contributed by atoms with Crippen LogP contribution in [-0.2, 0) is 0 Å². The third kappa shape index (κ3) is 2.94. The van der Waals surface area contributed by atoms with Gasteiger partial charge in [-0.1, -0.05) is 6.92 Å². The summed E-state index contributed by atoms with van der Waals surface area (Å²) in [4.78, 5) is 5.68. The second-order valence-corrected chi connectivity index (χ2v) is 5.62. The highest BCUT2D eigenvalue weighted by atomic mass is 16.5. The van der Waals surface area contributed by atoms with E-state index in [2.05, 4.69) is 22.9 Å². The van der Waals surface area contributed by atoms with E-state index in [1.165, 1.54) is 12.8 Å². The standard InChI is InChI=1S/C18H21N3O/c1-2-11-22-16-7-5-14(6-8-16)17-12-15(13-19)18(20-17)21-9-3-4-10-21/h5-8,12,20H,2-4,9-11H2,1H3. The second kappa shape index (κ2) is 6.57. The van der Waals surface area contributed by atoms with Crippen LogP contribution >= 0.6 is 0 Å². The van der Waals surface area contributed by atoms with Crippen molar-refractivity contribution in [2.75, 3.05) is 24.6 Å². The molecule has 0 bridgehead atoms. The number of nitriles is 1. The predicted octanol–water partition coefficient (Wildman–Crippen LogP) is 3.94. The molecule has 1 saturated heterocycles. The third-order valence-corrected chi connectivity index (χ3v) is 3.98. The maximum absolute atomic E-state index is 9.36. The van der Waals surface area contributed by atoms with E-state index in [4.69, 9.17) is 4.74 Å². The minimum absolute atomic E-state index is 0.725. The number of ether oxygens (including phenoxy) is 1. The lowest BCUT2D eigenvalue weighted by Gasteiger charge is -2.15. The summed E-state index contributed by atoms with van der Waals surface area (Å²) in [5.74, 6) is 1.85. The summed E-state index contributed by atoms with van der Waals surface area (Å²) in [5, 5.41) is 9.36. The molecule has 1 aliphatic heterocycles. The number of hydrogen-bond acceptors (Lipinski definition) is 3. The van der Waals surface area contributed by atoms with Crippen LogP contribution in [0.25, 0.3) is 11.3 Å². The molecule has 4 heteroatoms. The van der Waals surface area contributed by atoms with Gasteiger partial charge in [0, 0.05) is 18.8 Å². The molecule has 2 aromatic rings. The van der Waals surface area contributed by atoms with Crippen LogP contribution in [0.3, 0.4) is 0 Å². The van der Waals surface area contributed by atoms with E-state index in [1.54, 1.807) is 0 Å². The number of aromatic amines is 1. The van der Waals surface area contributed by atoms with Gasteiger partial charge in [-0.25, -0.2) is 0 Å². The van der Waals surface area contributed by atoms with Crippen LogP contribution in [0, 0.1) is 11.3 Å². The molecular formula is C18H21N3O. The van der Waals surface area contributed by atoms with Gasteiger partial charge in [0.25, 0.3) is 0 Å². The normalized spacial score (nSPS) is 14.1. The molecule has 0 spiro atoms. The molecular weight excluding hydrogens is 274 g/mol. The molecule has 1 aromatic carbocycles. The number of nitrogens with zero attached hydrogens (tertiary/aromatic N) is 2. The minimum atomic E-state index is 0.725. The van der Waals surface area contributed by atoms with Crippen LogP contribution < -0.4 is 9.64 Å². The summed E-state index contributed by atoms with van der Waals surface area (Å²) in [7, 11) is 0. The Morgan fingerprint density at radius 3 is 2.59 bits per heavy atom. The Hall–Kier alpha value is -2.41. The summed E-state index contributed by atoms with van der Waals surface area (Å²) in [5.41, 5.74) is 2.79. The molecule has 0 unspecified atom stereocenters. The minimum Gasteiger partial charge on any atom is -0.494 e. The average Bonchev–Trinajstić information content (AvgIpc) is 3.22. The fourth-order valence-corrected chi connectivity index (χ4v) is 2.83. The Morgan fingerprint density at radius 2 is 1.95 bits per heavy atom. The van der Waals surface area contributed by atoms with Gasteiger partial charge in [0.1, 0.15) is 17.6 Å². The van der Waals surface area contributed by atoms with Gasteiger partial charge in [-0.15, -0.1) is 0 Å². The predicted molar refractivity (Wildman–Crippen MR) is 88.2 cm³/mol. The lowest BCUT2D eigenvalue weighted by molar-refractivity contribution is 0.317. The van der Waals surface area contributed by atoms with Gasteiger partial charge in [0.05, 0.1) is 12.2 Å². The van der Waals surface area contributed by atoms with Crippen molar-refractivity contribution in [1.29, 1.82) is 5.26 Å². The van der Waals surface area contributed by atoms with E-state index in [0.29, 0.717) is 0 Å². The Labute approximate surface area is 131 Å². The molecule has 0 amide bonds. The Kier molecular flexibility index (Phi) is 4.34. The van der Waals surface area contributed by atoms with Crippen LogP contribution in [0.2, 0.25) is 0 Å². The van der Waals surface area contributed by atoms with Crippen molar-refractivity contribution in [3.63, 3.8) is 0 Å². The van der Waals surface area contributed by atoms with E-state index >= 15 is 0 Å². The van der Waals surface area contributed by atoms with Crippen LogP contribution in [0.15, 0.2) is 30.3 Å². The molecule has 0 aliphatic carbocycles. The molecule has 22 heavy (non-hydrogen) atoms. The maximum Gasteiger partial charge on any atom is 0.124 e. The molecule has 0 saturated carbocycles. The quantitative estimate of drug-likeness (QED) is 0.909. The highest BCUT2D eigenvalue weighted by Gasteiger charge is 2.18. The third-order valence-electron chi connectivity index (χ3n) is 3.98. The first-order chi connectivity index (χ1) is 10.8. The zero-order valence-corrected chi connectivity index (χ0v) is 12.9. The maximum atomic E-state index is 9.36. The van der Waals surface area contributed by atoms with Crippen LogP contribution in [0.1, 0.15) is 31.7 Å². The second-order valence-electron chi connectivity index (χ2n) is 5.62. The summed E-state index contributed by atoms with van der Waals surface area (Å²) >= 11 is 0. The van der Waals surface area contributed by atoms with E-state index in [-0.39, 0.29) is 0 Å². The number of anilines is 1. The molecule has 3 rings (SSSR count). The number of rotatable bonds is 5. The monoisotopic (exact) mass is 295 g/mol. The highest BCUT2D eigenvalue weighted by Crippen LogP contribution is 2.30. The molecule has 2 heterocycles. The van der Waals surface area contributed by atoms with Crippen LogP contribution in [0.4, 0.5) is 5.82 Å². The van der Waals surface area contributed by atoms with Crippen molar-refractivity contribution in [1.82, 2.24) is 4.98 Å².